The van der Waals surface area contributed by atoms with Crippen molar-refractivity contribution in [2.75, 3.05) is 39.9 Å². The first-order chi connectivity index (χ1) is 9.93. The maximum Gasteiger partial charge on any atom is 0.334 e. The highest BCUT2D eigenvalue weighted by Crippen LogP contribution is 2.25. The van der Waals surface area contributed by atoms with E-state index in [4.69, 9.17) is 14.6 Å². The smallest absolute Gasteiger partial charge is 0.334 e. The van der Waals surface area contributed by atoms with Gasteiger partial charge >= 0.3 is 18.0 Å². The topological polar surface area (TPSA) is 96.4 Å². The first-order valence-electron chi connectivity index (χ1n) is 6.90. The molecule has 2 aliphatic rings. The molecule has 2 rings (SSSR count). The largest absolute Gasteiger partial charge is 0.479 e. The fourth-order valence-corrected chi connectivity index (χ4v) is 2.75. The average Bonchev–Trinajstić information content (AvgIpc) is 2.87. The minimum absolute atomic E-state index is 0.0257. The number of morpholine rings is 1. The number of nitrogens with zero attached hydrogens (tertiary/aromatic N) is 2. The van der Waals surface area contributed by atoms with E-state index in [2.05, 4.69) is 0 Å². The molecule has 21 heavy (non-hydrogen) atoms. The summed E-state index contributed by atoms with van der Waals surface area (Å²) in [5.74, 6) is -1.69. The lowest BCUT2D eigenvalue weighted by Gasteiger charge is -2.33. The maximum absolute atomic E-state index is 12.4. The molecule has 0 radical (unpaired) electrons. The summed E-state index contributed by atoms with van der Waals surface area (Å²) >= 11 is 0. The zero-order valence-electron chi connectivity index (χ0n) is 12.2. The van der Waals surface area contributed by atoms with Crippen LogP contribution in [0.3, 0.4) is 0 Å². The van der Waals surface area contributed by atoms with Gasteiger partial charge < -0.3 is 24.4 Å². The van der Waals surface area contributed by atoms with Crippen LogP contribution < -0.4 is 0 Å². The molecule has 0 bridgehead atoms. The van der Waals surface area contributed by atoms with E-state index in [1.54, 1.807) is 4.90 Å². The second-order valence-corrected chi connectivity index (χ2v) is 5.44. The number of esters is 1. The Morgan fingerprint density at radius 3 is 2.52 bits per heavy atom. The van der Waals surface area contributed by atoms with Crippen LogP contribution in [0.4, 0.5) is 4.79 Å². The highest BCUT2D eigenvalue weighted by Gasteiger charge is 2.40. The molecule has 2 fully saturated rings. The lowest BCUT2D eigenvalue weighted by Crippen LogP contribution is -2.52. The van der Waals surface area contributed by atoms with E-state index in [0.29, 0.717) is 19.6 Å². The summed E-state index contributed by atoms with van der Waals surface area (Å²) in [6.07, 6.45) is -0.987. The van der Waals surface area contributed by atoms with Crippen LogP contribution >= 0.6 is 0 Å². The van der Waals surface area contributed by atoms with Crippen molar-refractivity contribution in [1.29, 1.82) is 0 Å². The molecule has 8 nitrogen and oxygen atoms in total. The number of likely N-dealkylation sites (tertiary alicyclic amines) is 1. The molecule has 3 atom stereocenters. The predicted molar refractivity (Wildman–Crippen MR) is 70.6 cm³/mol. The second kappa shape index (κ2) is 6.30. The zero-order chi connectivity index (χ0) is 15.6. The molecule has 2 amide bonds. The Kier molecular flexibility index (Phi) is 4.66. The summed E-state index contributed by atoms with van der Waals surface area (Å²) in [5.41, 5.74) is 0. The van der Waals surface area contributed by atoms with Gasteiger partial charge in [-0.15, -0.1) is 0 Å². The highest BCUT2D eigenvalue weighted by atomic mass is 16.5. The zero-order valence-corrected chi connectivity index (χ0v) is 12.2. The molecular weight excluding hydrogens is 280 g/mol. The average molecular weight is 300 g/mol. The molecule has 0 spiro atoms. The SMILES string of the molecule is COC(=O)C1CN(C(=O)N2CCOC(C(=O)O)C2)CC1C. The summed E-state index contributed by atoms with van der Waals surface area (Å²) < 4.78 is 9.83. The number of methoxy groups -OCH3 is 1. The van der Waals surface area contributed by atoms with E-state index in [0.717, 1.165) is 0 Å². The number of hydrogen-bond acceptors (Lipinski definition) is 5. The van der Waals surface area contributed by atoms with Crippen molar-refractivity contribution < 1.29 is 29.0 Å². The first kappa shape index (κ1) is 15.6. The molecule has 3 unspecified atom stereocenters. The normalized spacial score (nSPS) is 29.3. The van der Waals surface area contributed by atoms with E-state index in [9.17, 15) is 14.4 Å². The van der Waals surface area contributed by atoms with E-state index in [-0.39, 0.29) is 37.0 Å². The van der Waals surface area contributed by atoms with Crippen molar-refractivity contribution in [3.05, 3.63) is 0 Å². The third kappa shape index (κ3) is 3.26. The summed E-state index contributed by atoms with van der Waals surface area (Å²) in [7, 11) is 1.33. The van der Waals surface area contributed by atoms with Crippen LogP contribution in [-0.2, 0) is 19.1 Å². The molecule has 2 heterocycles. The molecule has 118 valence electrons. The van der Waals surface area contributed by atoms with Gasteiger partial charge in [-0.25, -0.2) is 9.59 Å². The Morgan fingerprint density at radius 1 is 1.19 bits per heavy atom. The molecule has 8 heteroatoms. The quantitative estimate of drug-likeness (QED) is 0.699. The number of aliphatic carboxylic acids is 1. The number of hydrogen-bond donors (Lipinski definition) is 1. The first-order valence-corrected chi connectivity index (χ1v) is 6.90. The Bertz CT molecular complexity index is 440. The minimum Gasteiger partial charge on any atom is -0.479 e. The van der Waals surface area contributed by atoms with Gasteiger partial charge in [0.15, 0.2) is 6.10 Å². The molecule has 2 aliphatic heterocycles. The van der Waals surface area contributed by atoms with Gasteiger partial charge in [0.25, 0.3) is 0 Å². The van der Waals surface area contributed by atoms with Crippen LogP contribution in [0.25, 0.3) is 0 Å². The number of urea groups is 1. The fourth-order valence-electron chi connectivity index (χ4n) is 2.75. The number of carboxylic acids is 1. The Balaban J connectivity index is 1.97. The van der Waals surface area contributed by atoms with Crippen molar-refractivity contribution in [1.82, 2.24) is 9.80 Å². The van der Waals surface area contributed by atoms with Crippen LogP contribution in [0, 0.1) is 11.8 Å². The summed E-state index contributed by atoms with van der Waals surface area (Å²) in [6.45, 7) is 3.26. The minimum atomic E-state index is -1.07. The molecule has 0 aromatic rings. The van der Waals surface area contributed by atoms with Gasteiger partial charge in [0.05, 0.1) is 26.2 Å². The second-order valence-electron chi connectivity index (χ2n) is 5.44. The Morgan fingerprint density at radius 2 is 1.90 bits per heavy atom. The third-order valence-electron chi connectivity index (χ3n) is 4.00. The predicted octanol–water partition coefficient (Wildman–Crippen LogP) is -0.367. The number of ether oxygens (including phenoxy) is 2. The van der Waals surface area contributed by atoms with Crippen LogP contribution in [0.1, 0.15) is 6.92 Å². The number of carboxylic acid groups (broad SMARTS) is 1. The monoisotopic (exact) mass is 300 g/mol. The molecule has 2 saturated heterocycles. The summed E-state index contributed by atoms with van der Waals surface area (Å²) in [5, 5.41) is 8.95. The number of amides is 2. The maximum atomic E-state index is 12.4. The summed E-state index contributed by atoms with van der Waals surface area (Å²) in [6, 6.07) is -0.247. The molecule has 1 N–H and O–H groups in total. The Labute approximate surface area is 122 Å². The lowest BCUT2D eigenvalue weighted by atomic mass is 9.99. The molecular formula is C13H20N2O6. The van der Waals surface area contributed by atoms with Gasteiger partial charge in [0.1, 0.15) is 0 Å². The van der Waals surface area contributed by atoms with Crippen LogP contribution in [-0.4, -0.2) is 78.9 Å². The van der Waals surface area contributed by atoms with Crippen molar-refractivity contribution in [3.63, 3.8) is 0 Å². The van der Waals surface area contributed by atoms with Crippen LogP contribution in [0.5, 0.6) is 0 Å². The highest BCUT2D eigenvalue weighted by molar-refractivity contribution is 5.80. The van der Waals surface area contributed by atoms with Crippen molar-refractivity contribution >= 4 is 18.0 Å². The van der Waals surface area contributed by atoms with Crippen LogP contribution in [0.2, 0.25) is 0 Å². The van der Waals surface area contributed by atoms with Crippen molar-refractivity contribution in [2.24, 2.45) is 11.8 Å². The van der Waals surface area contributed by atoms with E-state index >= 15 is 0 Å². The van der Waals surface area contributed by atoms with Gasteiger partial charge in [-0.1, -0.05) is 6.92 Å². The van der Waals surface area contributed by atoms with E-state index in [1.807, 2.05) is 6.92 Å². The van der Waals surface area contributed by atoms with Gasteiger partial charge in [-0.05, 0) is 5.92 Å². The number of carbonyl (C=O) groups is 3. The lowest BCUT2D eigenvalue weighted by molar-refractivity contribution is -0.154. The molecule has 0 aliphatic carbocycles. The third-order valence-corrected chi connectivity index (χ3v) is 4.00. The van der Waals surface area contributed by atoms with Gasteiger partial charge in [0, 0.05) is 19.6 Å². The fraction of sp³-hybridized carbons (Fsp3) is 0.769. The molecule has 0 aromatic carbocycles. The van der Waals surface area contributed by atoms with Gasteiger partial charge in [-0.2, -0.15) is 0 Å². The number of rotatable bonds is 2. The van der Waals surface area contributed by atoms with E-state index < -0.39 is 12.1 Å². The molecule has 0 aromatic heterocycles. The van der Waals surface area contributed by atoms with E-state index in [1.165, 1.54) is 12.0 Å². The van der Waals surface area contributed by atoms with Crippen molar-refractivity contribution in [3.8, 4) is 0 Å². The molecule has 0 saturated carbocycles. The van der Waals surface area contributed by atoms with Crippen LogP contribution in [0.15, 0.2) is 0 Å². The Hall–Kier alpha value is -1.83. The standard InChI is InChI=1S/C13H20N2O6/c1-8-5-15(6-9(8)12(18)20-2)13(19)14-3-4-21-10(7-14)11(16)17/h8-10H,3-7H2,1-2H3,(H,16,17). The van der Waals surface area contributed by atoms with Crippen molar-refractivity contribution in [2.45, 2.75) is 13.0 Å². The van der Waals surface area contributed by atoms with Gasteiger partial charge in [-0.3, -0.25) is 4.79 Å². The van der Waals surface area contributed by atoms with Gasteiger partial charge in [0.2, 0.25) is 0 Å². The number of carbonyl (C=O) groups excluding carboxylic acids is 2. The summed E-state index contributed by atoms with van der Waals surface area (Å²) in [4.78, 5) is 38.0.